The Morgan fingerprint density at radius 3 is 2.83 bits per heavy atom. The van der Waals surface area contributed by atoms with Gasteiger partial charge in [0.2, 0.25) is 0 Å². The van der Waals surface area contributed by atoms with E-state index in [1.165, 1.54) is 11.3 Å². The van der Waals surface area contributed by atoms with Crippen LogP contribution in [-0.4, -0.2) is 20.0 Å². The van der Waals surface area contributed by atoms with Crippen LogP contribution < -0.4 is 16.2 Å². The number of anilines is 1. The predicted octanol–water partition coefficient (Wildman–Crippen LogP) is 0.418. The van der Waals surface area contributed by atoms with Gasteiger partial charge in [0.1, 0.15) is 4.88 Å². The van der Waals surface area contributed by atoms with Crippen molar-refractivity contribution in [1.82, 2.24) is 5.43 Å². The van der Waals surface area contributed by atoms with Crippen LogP contribution >= 0.6 is 11.3 Å². The van der Waals surface area contributed by atoms with Crippen LogP contribution in [0.4, 0.5) is 5.69 Å². The number of carbonyl (C=O) groups is 1. The van der Waals surface area contributed by atoms with Gasteiger partial charge in [0, 0.05) is 14.1 Å². The summed E-state index contributed by atoms with van der Waals surface area (Å²) in [4.78, 5) is 13.7. The van der Waals surface area contributed by atoms with Crippen LogP contribution in [0.2, 0.25) is 0 Å². The summed E-state index contributed by atoms with van der Waals surface area (Å²) in [5, 5.41) is 1.86. The first-order chi connectivity index (χ1) is 5.66. The number of hydrogen-bond donors (Lipinski definition) is 2. The fourth-order valence-electron chi connectivity index (χ4n) is 0.890. The summed E-state index contributed by atoms with van der Waals surface area (Å²) < 4.78 is 0. The van der Waals surface area contributed by atoms with Gasteiger partial charge < -0.3 is 4.90 Å². The zero-order valence-electron chi connectivity index (χ0n) is 7.00. The van der Waals surface area contributed by atoms with Crippen molar-refractivity contribution in [2.24, 2.45) is 5.84 Å². The van der Waals surface area contributed by atoms with Gasteiger partial charge in [-0.25, -0.2) is 5.84 Å². The minimum absolute atomic E-state index is 0.242. The lowest BCUT2D eigenvalue weighted by atomic mass is 10.3. The number of amides is 1. The molecule has 0 aliphatic heterocycles. The van der Waals surface area contributed by atoms with Crippen molar-refractivity contribution < 1.29 is 4.79 Å². The minimum Gasteiger partial charge on any atom is -0.376 e. The number of hydrazine groups is 1. The molecule has 0 radical (unpaired) electrons. The number of nitrogens with two attached hydrogens (primary N) is 1. The predicted molar refractivity (Wildman–Crippen MR) is 50.3 cm³/mol. The van der Waals surface area contributed by atoms with E-state index < -0.39 is 0 Å². The normalized spacial score (nSPS) is 9.58. The highest BCUT2D eigenvalue weighted by molar-refractivity contribution is 7.12. The standard InChI is InChI=1S/C7H11N3OS/c1-10(2)5-3-4-12-6(5)7(11)9-8/h3-4H,8H2,1-2H3,(H,9,11). The molecule has 0 aliphatic rings. The Bertz CT molecular complexity index is 282. The molecule has 0 saturated carbocycles. The minimum atomic E-state index is -0.242. The number of carbonyl (C=O) groups excluding carboxylic acids is 1. The van der Waals surface area contributed by atoms with E-state index in [9.17, 15) is 4.79 Å². The van der Waals surface area contributed by atoms with Crippen LogP contribution in [0.3, 0.4) is 0 Å². The summed E-state index contributed by atoms with van der Waals surface area (Å²) in [7, 11) is 3.77. The molecule has 0 bridgehead atoms. The molecule has 1 heterocycles. The lowest BCUT2D eigenvalue weighted by Gasteiger charge is -2.11. The molecule has 4 nitrogen and oxygen atoms in total. The lowest BCUT2D eigenvalue weighted by molar-refractivity contribution is 0.0958. The highest BCUT2D eigenvalue weighted by Crippen LogP contribution is 2.23. The first kappa shape index (κ1) is 9.02. The molecule has 0 fully saturated rings. The second-order valence-electron chi connectivity index (χ2n) is 2.50. The van der Waals surface area contributed by atoms with E-state index in [0.29, 0.717) is 4.88 Å². The van der Waals surface area contributed by atoms with E-state index in [1.54, 1.807) is 0 Å². The fourth-order valence-corrected chi connectivity index (χ4v) is 1.76. The molecule has 12 heavy (non-hydrogen) atoms. The van der Waals surface area contributed by atoms with Crippen LogP contribution in [0.5, 0.6) is 0 Å². The van der Waals surface area contributed by atoms with Crippen LogP contribution in [0.1, 0.15) is 9.67 Å². The van der Waals surface area contributed by atoms with Crippen molar-refractivity contribution >= 4 is 22.9 Å². The zero-order chi connectivity index (χ0) is 9.14. The molecule has 5 heteroatoms. The molecule has 0 saturated heterocycles. The summed E-state index contributed by atoms with van der Waals surface area (Å²) in [6, 6.07) is 1.88. The Kier molecular flexibility index (Phi) is 2.67. The van der Waals surface area contributed by atoms with E-state index in [-0.39, 0.29) is 5.91 Å². The zero-order valence-corrected chi connectivity index (χ0v) is 7.81. The first-order valence-corrected chi connectivity index (χ1v) is 4.30. The number of nitrogen functional groups attached to an aromatic ring is 1. The van der Waals surface area contributed by atoms with E-state index >= 15 is 0 Å². The molecule has 0 aliphatic carbocycles. The van der Waals surface area contributed by atoms with Gasteiger partial charge in [-0.2, -0.15) is 0 Å². The van der Waals surface area contributed by atoms with Gasteiger partial charge >= 0.3 is 0 Å². The van der Waals surface area contributed by atoms with Gasteiger partial charge in [-0.15, -0.1) is 11.3 Å². The second-order valence-corrected chi connectivity index (χ2v) is 3.42. The van der Waals surface area contributed by atoms with Gasteiger partial charge in [-0.1, -0.05) is 0 Å². The van der Waals surface area contributed by atoms with Crippen LogP contribution in [0.15, 0.2) is 11.4 Å². The highest BCUT2D eigenvalue weighted by atomic mass is 32.1. The molecule has 1 amide bonds. The van der Waals surface area contributed by atoms with Crippen molar-refractivity contribution in [1.29, 1.82) is 0 Å². The quantitative estimate of drug-likeness (QED) is 0.399. The van der Waals surface area contributed by atoms with Crippen molar-refractivity contribution in [3.63, 3.8) is 0 Å². The summed E-state index contributed by atoms with van der Waals surface area (Å²) in [6.45, 7) is 0. The number of nitrogens with zero attached hydrogens (tertiary/aromatic N) is 1. The second kappa shape index (κ2) is 3.55. The average molecular weight is 185 g/mol. The Morgan fingerprint density at radius 1 is 1.67 bits per heavy atom. The molecule has 0 spiro atoms. The lowest BCUT2D eigenvalue weighted by Crippen LogP contribution is -2.30. The summed E-state index contributed by atoms with van der Waals surface area (Å²) >= 11 is 1.38. The molecule has 0 atom stereocenters. The Hall–Kier alpha value is -1.07. The molecule has 1 aromatic rings. The van der Waals surface area contributed by atoms with Gasteiger partial charge in [0.05, 0.1) is 5.69 Å². The fraction of sp³-hybridized carbons (Fsp3) is 0.286. The monoisotopic (exact) mass is 185 g/mol. The maximum atomic E-state index is 11.1. The average Bonchev–Trinajstić information content (AvgIpc) is 2.50. The molecule has 3 N–H and O–H groups in total. The van der Waals surface area contributed by atoms with Gasteiger partial charge in [0.15, 0.2) is 0 Å². The summed E-state index contributed by atoms with van der Waals surface area (Å²) in [5.74, 6) is 4.78. The van der Waals surface area contributed by atoms with Crippen LogP contribution in [-0.2, 0) is 0 Å². The molecular weight excluding hydrogens is 174 g/mol. The van der Waals surface area contributed by atoms with Crippen molar-refractivity contribution in [2.45, 2.75) is 0 Å². The summed E-state index contributed by atoms with van der Waals surface area (Å²) in [6.07, 6.45) is 0. The number of thiophene rings is 1. The number of nitrogens with one attached hydrogen (secondary N) is 1. The molecule has 1 rings (SSSR count). The molecular formula is C7H11N3OS. The third-order valence-corrected chi connectivity index (χ3v) is 2.37. The van der Waals surface area contributed by atoms with Gasteiger partial charge in [-0.3, -0.25) is 10.2 Å². The summed E-state index contributed by atoms with van der Waals surface area (Å²) in [5.41, 5.74) is 3.00. The Balaban J connectivity index is 2.99. The van der Waals surface area contributed by atoms with Crippen molar-refractivity contribution in [3.05, 3.63) is 16.3 Å². The SMILES string of the molecule is CN(C)c1ccsc1C(=O)NN. The maximum absolute atomic E-state index is 11.1. The first-order valence-electron chi connectivity index (χ1n) is 3.42. The Morgan fingerprint density at radius 2 is 2.33 bits per heavy atom. The Labute approximate surface area is 74.9 Å². The molecule has 66 valence electrons. The van der Waals surface area contributed by atoms with E-state index in [2.05, 4.69) is 5.43 Å². The van der Waals surface area contributed by atoms with Gasteiger partial charge in [-0.05, 0) is 11.4 Å². The van der Waals surface area contributed by atoms with Crippen molar-refractivity contribution in [2.75, 3.05) is 19.0 Å². The number of rotatable bonds is 2. The van der Waals surface area contributed by atoms with Crippen LogP contribution in [0.25, 0.3) is 0 Å². The third kappa shape index (κ3) is 1.57. The topological polar surface area (TPSA) is 58.4 Å². The number of hydrogen-bond acceptors (Lipinski definition) is 4. The smallest absolute Gasteiger partial charge is 0.277 e. The van der Waals surface area contributed by atoms with E-state index in [1.807, 2.05) is 30.4 Å². The highest BCUT2D eigenvalue weighted by Gasteiger charge is 2.12. The largest absolute Gasteiger partial charge is 0.376 e. The third-order valence-electron chi connectivity index (χ3n) is 1.46. The van der Waals surface area contributed by atoms with Crippen LogP contribution in [0, 0.1) is 0 Å². The van der Waals surface area contributed by atoms with Gasteiger partial charge in [0.25, 0.3) is 5.91 Å². The van der Waals surface area contributed by atoms with E-state index in [4.69, 9.17) is 5.84 Å². The maximum Gasteiger partial charge on any atom is 0.277 e. The van der Waals surface area contributed by atoms with Crippen molar-refractivity contribution in [3.8, 4) is 0 Å². The molecule has 1 aromatic heterocycles. The molecule has 0 unspecified atom stereocenters. The van der Waals surface area contributed by atoms with E-state index in [0.717, 1.165) is 5.69 Å². The molecule has 0 aromatic carbocycles.